The number of allylic oxidation sites excluding steroid dienone is 2. The molecule has 0 saturated carbocycles. The Morgan fingerprint density at radius 3 is 2.10 bits per heavy atom. The number of nitriles is 1. The van der Waals surface area contributed by atoms with Gasteiger partial charge < -0.3 is 4.74 Å². The molecular weight excluding hydrogens is 258 g/mol. The third kappa shape index (κ3) is 5.23. The number of hydrogen-bond donors (Lipinski definition) is 0. The SMILES string of the molecule is CCC(C)(OC#N)C(/C=C\CC(C)(CC)C(C)C)=C(C)C. The van der Waals surface area contributed by atoms with E-state index in [0.29, 0.717) is 11.3 Å². The number of nitrogens with zero attached hydrogens (tertiary/aromatic N) is 1. The lowest BCUT2D eigenvalue weighted by Crippen LogP contribution is -2.29. The topological polar surface area (TPSA) is 33.0 Å². The van der Waals surface area contributed by atoms with Crippen LogP contribution in [0.15, 0.2) is 23.3 Å². The van der Waals surface area contributed by atoms with Gasteiger partial charge in [-0.2, -0.15) is 5.26 Å². The van der Waals surface area contributed by atoms with E-state index in [1.165, 1.54) is 12.0 Å². The van der Waals surface area contributed by atoms with Crippen molar-refractivity contribution in [3.8, 4) is 6.26 Å². The van der Waals surface area contributed by atoms with E-state index in [2.05, 4.69) is 60.6 Å². The van der Waals surface area contributed by atoms with Crippen molar-refractivity contribution in [2.75, 3.05) is 0 Å². The van der Waals surface area contributed by atoms with E-state index in [9.17, 15) is 0 Å². The third-order valence-electron chi connectivity index (χ3n) is 5.12. The standard InChI is InChI=1S/C19H33NO/c1-9-18(7,16(5)6)13-11-12-17(15(3)4)19(8,10-2)21-14-20/h11-12,16H,9-10,13H2,1-8H3/b12-11-. The molecule has 0 radical (unpaired) electrons. The molecule has 0 aliphatic heterocycles. The summed E-state index contributed by atoms with van der Waals surface area (Å²) in [7, 11) is 0. The molecule has 0 heterocycles. The fourth-order valence-electron chi connectivity index (χ4n) is 2.52. The molecule has 2 nitrogen and oxygen atoms in total. The molecule has 0 spiro atoms. The molecule has 0 aromatic heterocycles. The van der Waals surface area contributed by atoms with Crippen LogP contribution in [0.1, 0.15) is 74.7 Å². The van der Waals surface area contributed by atoms with Gasteiger partial charge in [0.1, 0.15) is 5.60 Å². The lowest BCUT2D eigenvalue weighted by Gasteiger charge is -2.32. The van der Waals surface area contributed by atoms with E-state index < -0.39 is 5.60 Å². The van der Waals surface area contributed by atoms with Crippen molar-refractivity contribution in [2.45, 2.75) is 80.3 Å². The lowest BCUT2D eigenvalue weighted by molar-refractivity contribution is 0.0881. The zero-order valence-electron chi connectivity index (χ0n) is 15.2. The summed E-state index contributed by atoms with van der Waals surface area (Å²) in [4.78, 5) is 0. The van der Waals surface area contributed by atoms with Crippen molar-refractivity contribution in [1.82, 2.24) is 0 Å². The van der Waals surface area contributed by atoms with E-state index in [4.69, 9.17) is 10.00 Å². The fraction of sp³-hybridized carbons (Fsp3) is 0.737. The first-order chi connectivity index (χ1) is 9.66. The molecule has 0 amide bonds. The maximum Gasteiger partial charge on any atom is 0.287 e. The Kier molecular flexibility index (Phi) is 7.79. The van der Waals surface area contributed by atoms with Crippen LogP contribution in [-0.4, -0.2) is 5.60 Å². The average molecular weight is 291 g/mol. The molecule has 2 heteroatoms. The Balaban J connectivity index is 5.28. The Morgan fingerprint density at radius 1 is 1.19 bits per heavy atom. The quantitative estimate of drug-likeness (QED) is 0.405. The van der Waals surface area contributed by atoms with Gasteiger partial charge in [-0.15, -0.1) is 0 Å². The molecular formula is C19H33NO. The van der Waals surface area contributed by atoms with Crippen LogP contribution in [0.3, 0.4) is 0 Å². The van der Waals surface area contributed by atoms with E-state index in [-0.39, 0.29) is 0 Å². The minimum absolute atomic E-state index is 0.321. The molecule has 0 aromatic rings. The van der Waals surface area contributed by atoms with Crippen LogP contribution < -0.4 is 0 Å². The summed E-state index contributed by atoms with van der Waals surface area (Å²) in [6, 6.07) is 0. The highest BCUT2D eigenvalue weighted by molar-refractivity contribution is 5.32. The largest absolute Gasteiger partial charge is 0.416 e. The predicted molar refractivity (Wildman–Crippen MR) is 90.8 cm³/mol. The molecule has 2 atom stereocenters. The van der Waals surface area contributed by atoms with Gasteiger partial charge in [0.05, 0.1) is 0 Å². The van der Waals surface area contributed by atoms with E-state index >= 15 is 0 Å². The smallest absolute Gasteiger partial charge is 0.287 e. The van der Waals surface area contributed by atoms with Gasteiger partial charge >= 0.3 is 0 Å². The average Bonchev–Trinajstić information content (AvgIpc) is 2.42. The van der Waals surface area contributed by atoms with Gasteiger partial charge in [0, 0.05) is 0 Å². The van der Waals surface area contributed by atoms with Crippen LogP contribution in [0.2, 0.25) is 0 Å². The first-order valence-electron chi connectivity index (χ1n) is 8.08. The minimum atomic E-state index is -0.523. The maximum absolute atomic E-state index is 8.91. The number of hydrogen-bond acceptors (Lipinski definition) is 2. The molecule has 21 heavy (non-hydrogen) atoms. The first kappa shape index (κ1) is 19.8. The highest BCUT2D eigenvalue weighted by Gasteiger charge is 2.29. The van der Waals surface area contributed by atoms with Crippen molar-refractivity contribution < 1.29 is 4.74 Å². The summed E-state index contributed by atoms with van der Waals surface area (Å²) >= 11 is 0. The highest BCUT2D eigenvalue weighted by Crippen LogP contribution is 2.36. The molecule has 0 N–H and O–H groups in total. The van der Waals surface area contributed by atoms with Crippen molar-refractivity contribution in [3.05, 3.63) is 23.3 Å². The normalized spacial score (nSPS) is 17.1. The summed E-state index contributed by atoms with van der Waals surface area (Å²) in [5.74, 6) is 0.648. The monoisotopic (exact) mass is 291 g/mol. The third-order valence-corrected chi connectivity index (χ3v) is 5.12. The summed E-state index contributed by atoms with van der Waals surface area (Å²) < 4.78 is 5.35. The number of rotatable bonds is 8. The zero-order valence-corrected chi connectivity index (χ0v) is 15.2. The minimum Gasteiger partial charge on any atom is -0.416 e. The summed E-state index contributed by atoms with van der Waals surface area (Å²) in [6.45, 7) is 17.4. The predicted octanol–water partition coefficient (Wildman–Crippen LogP) is 6.01. The van der Waals surface area contributed by atoms with Crippen LogP contribution in [0, 0.1) is 22.9 Å². The lowest BCUT2D eigenvalue weighted by atomic mass is 9.74. The Hall–Kier alpha value is -1.23. The maximum atomic E-state index is 8.91. The molecule has 2 unspecified atom stereocenters. The van der Waals surface area contributed by atoms with Gasteiger partial charge in [-0.05, 0) is 50.5 Å². The van der Waals surface area contributed by atoms with Crippen LogP contribution >= 0.6 is 0 Å². The second-order valence-corrected chi connectivity index (χ2v) is 6.96. The van der Waals surface area contributed by atoms with Gasteiger partial charge in [0.15, 0.2) is 0 Å². The molecule has 0 aliphatic carbocycles. The molecule has 0 aliphatic rings. The van der Waals surface area contributed by atoms with Gasteiger partial charge in [-0.3, -0.25) is 0 Å². The highest BCUT2D eigenvalue weighted by atomic mass is 16.5. The Morgan fingerprint density at radius 2 is 1.76 bits per heavy atom. The van der Waals surface area contributed by atoms with E-state index in [0.717, 1.165) is 18.4 Å². The molecule has 0 bridgehead atoms. The molecule has 0 fully saturated rings. The van der Waals surface area contributed by atoms with E-state index in [1.807, 2.05) is 13.2 Å². The Labute approximate surface area is 131 Å². The van der Waals surface area contributed by atoms with Crippen LogP contribution in [0.25, 0.3) is 0 Å². The first-order valence-corrected chi connectivity index (χ1v) is 8.08. The fourth-order valence-corrected chi connectivity index (χ4v) is 2.52. The van der Waals surface area contributed by atoms with Crippen molar-refractivity contribution in [1.29, 1.82) is 5.26 Å². The molecule has 0 aromatic carbocycles. The van der Waals surface area contributed by atoms with Gasteiger partial charge in [0.25, 0.3) is 6.26 Å². The molecule has 0 rings (SSSR count). The van der Waals surface area contributed by atoms with E-state index in [1.54, 1.807) is 0 Å². The van der Waals surface area contributed by atoms with Crippen molar-refractivity contribution in [2.24, 2.45) is 11.3 Å². The molecule has 120 valence electrons. The van der Waals surface area contributed by atoms with Gasteiger partial charge in [-0.25, -0.2) is 0 Å². The zero-order chi connectivity index (χ0) is 16.7. The second kappa shape index (κ2) is 8.27. The molecule has 0 saturated heterocycles. The van der Waals surface area contributed by atoms with Crippen molar-refractivity contribution in [3.63, 3.8) is 0 Å². The second-order valence-electron chi connectivity index (χ2n) is 6.96. The summed E-state index contributed by atoms with van der Waals surface area (Å²) in [6.07, 6.45) is 9.26. The van der Waals surface area contributed by atoms with Crippen LogP contribution in [0.4, 0.5) is 0 Å². The van der Waals surface area contributed by atoms with Crippen molar-refractivity contribution >= 4 is 0 Å². The Bertz CT molecular complexity index is 423. The van der Waals surface area contributed by atoms with Gasteiger partial charge in [0.2, 0.25) is 0 Å². The van der Waals surface area contributed by atoms with Gasteiger partial charge in [-0.1, -0.05) is 58.8 Å². The van der Waals surface area contributed by atoms with Crippen LogP contribution in [0.5, 0.6) is 0 Å². The summed E-state index contributed by atoms with van der Waals surface area (Å²) in [5.41, 5.74) is 2.12. The van der Waals surface area contributed by atoms with Crippen LogP contribution in [-0.2, 0) is 4.74 Å². The summed E-state index contributed by atoms with van der Waals surface area (Å²) in [5, 5.41) is 8.91. The number of ether oxygens (including phenoxy) is 1.